The Kier molecular flexibility index (Phi) is 3.58. The van der Waals surface area contributed by atoms with Gasteiger partial charge in [0.05, 0.1) is 12.7 Å². The van der Waals surface area contributed by atoms with Crippen molar-refractivity contribution in [3.05, 3.63) is 10.0 Å². The molecular formula is C7H12N2O2S. The van der Waals surface area contributed by atoms with Gasteiger partial charge < -0.3 is 9.84 Å². The van der Waals surface area contributed by atoms with Crippen molar-refractivity contribution in [2.45, 2.75) is 19.4 Å². The number of methoxy groups -OCH3 is 1. The van der Waals surface area contributed by atoms with Crippen LogP contribution < -0.4 is 0 Å². The normalized spacial score (nSPS) is 13.2. The van der Waals surface area contributed by atoms with E-state index in [0.717, 1.165) is 10.0 Å². The van der Waals surface area contributed by atoms with E-state index in [1.165, 1.54) is 11.3 Å². The van der Waals surface area contributed by atoms with Gasteiger partial charge in [-0.2, -0.15) is 0 Å². The molecule has 68 valence electrons. The molecule has 1 rings (SSSR count). The summed E-state index contributed by atoms with van der Waals surface area (Å²) in [4.78, 5) is 0. The maximum absolute atomic E-state index is 9.33. The predicted molar refractivity (Wildman–Crippen MR) is 46.2 cm³/mol. The van der Waals surface area contributed by atoms with Crippen molar-refractivity contribution in [3.63, 3.8) is 0 Å². The molecule has 12 heavy (non-hydrogen) atoms. The van der Waals surface area contributed by atoms with Crippen molar-refractivity contribution < 1.29 is 9.84 Å². The Hall–Kier alpha value is -0.520. The number of aliphatic hydroxyl groups excluding tert-OH is 1. The van der Waals surface area contributed by atoms with Gasteiger partial charge >= 0.3 is 0 Å². The van der Waals surface area contributed by atoms with Crippen LogP contribution in [0.1, 0.15) is 10.0 Å². The Bertz CT molecular complexity index is 239. The minimum atomic E-state index is -0.470. The number of hydrogen-bond donors (Lipinski definition) is 1. The highest BCUT2D eigenvalue weighted by atomic mass is 32.1. The van der Waals surface area contributed by atoms with Gasteiger partial charge in [-0.3, -0.25) is 0 Å². The van der Waals surface area contributed by atoms with Crippen LogP contribution in [-0.4, -0.2) is 35.1 Å². The van der Waals surface area contributed by atoms with E-state index in [0.29, 0.717) is 13.0 Å². The molecule has 1 heterocycles. The van der Waals surface area contributed by atoms with Crippen LogP contribution in [0.5, 0.6) is 0 Å². The average Bonchev–Trinajstić information content (AvgIpc) is 2.36. The van der Waals surface area contributed by atoms with Crippen LogP contribution in [-0.2, 0) is 11.2 Å². The number of ether oxygens (including phenoxy) is 1. The maximum atomic E-state index is 9.33. The fraction of sp³-hybridized carbons (Fsp3) is 0.714. The standard InChI is InChI=1S/C7H12N2O2S/c1-5-8-9-7(12-5)3-6(10)4-11-2/h6,10H,3-4H2,1-2H3. The molecule has 4 nitrogen and oxygen atoms in total. The molecular weight excluding hydrogens is 176 g/mol. The van der Waals surface area contributed by atoms with E-state index < -0.39 is 6.10 Å². The van der Waals surface area contributed by atoms with Gasteiger partial charge in [0.15, 0.2) is 0 Å². The summed E-state index contributed by atoms with van der Waals surface area (Å²) in [6, 6.07) is 0. The Balaban J connectivity index is 2.41. The Morgan fingerprint density at radius 2 is 2.33 bits per heavy atom. The van der Waals surface area contributed by atoms with Crippen molar-refractivity contribution in [2.24, 2.45) is 0 Å². The lowest BCUT2D eigenvalue weighted by molar-refractivity contribution is 0.0649. The highest BCUT2D eigenvalue weighted by Gasteiger charge is 2.08. The van der Waals surface area contributed by atoms with Gasteiger partial charge in [0.1, 0.15) is 10.0 Å². The SMILES string of the molecule is COCC(O)Cc1nnc(C)s1. The molecule has 0 saturated carbocycles. The second-order valence-electron chi connectivity index (χ2n) is 2.53. The van der Waals surface area contributed by atoms with Gasteiger partial charge in [0.2, 0.25) is 0 Å². The van der Waals surface area contributed by atoms with E-state index in [1.807, 2.05) is 6.92 Å². The molecule has 1 aromatic heterocycles. The summed E-state index contributed by atoms with van der Waals surface area (Å²) in [6.45, 7) is 2.24. The predicted octanol–water partition coefficient (Wildman–Crippen LogP) is 0.396. The van der Waals surface area contributed by atoms with Gasteiger partial charge in [-0.15, -0.1) is 21.5 Å². The first-order valence-electron chi connectivity index (χ1n) is 3.68. The monoisotopic (exact) mass is 188 g/mol. The molecule has 0 saturated heterocycles. The molecule has 0 aliphatic carbocycles. The van der Waals surface area contributed by atoms with E-state index in [2.05, 4.69) is 10.2 Å². The molecule has 1 unspecified atom stereocenters. The Morgan fingerprint density at radius 3 is 2.83 bits per heavy atom. The Morgan fingerprint density at radius 1 is 1.58 bits per heavy atom. The zero-order chi connectivity index (χ0) is 8.97. The van der Waals surface area contributed by atoms with E-state index in [1.54, 1.807) is 7.11 Å². The van der Waals surface area contributed by atoms with E-state index >= 15 is 0 Å². The average molecular weight is 188 g/mol. The maximum Gasteiger partial charge on any atom is 0.120 e. The van der Waals surface area contributed by atoms with Crippen molar-refractivity contribution in [3.8, 4) is 0 Å². The van der Waals surface area contributed by atoms with E-state index in [-0.39, 0.29) is 0 Å². The van der Waals surface area contributed by atoms with Crippen molar-refractivity contribution in [1.82, 2.24) is 10.2 Å². The summed E-state index contributed by atoms with van der Waals surface area (Å²) < 4.78 is 4.79. The quantitative estimate of drug-likeness (QED) is 0.743. The first-order chi connectivity index (χ1) is 5.72. The highest BCUT2D eigenvalue weighted by Crippen LogP contribution is 2.10. The number of nitrogens with zero attached hydrogens (tertiary/aromatic N) is 2. The number of hydrogen-bond acceptors (Lipinski definition) is 5. The molecule has 0 aliphatic heterocycles. The summed E-state index contributed by atoms with van der Waals surface area (Å²) in [5.41, 5.74) is 0. The van der Waals surface area contributed by atoms with E-state index in [9.17, 15) is 5.11 Å². The van der Waals surface area contributed by atoms with Crippen LogP contribution >= 0.6 is 11.3 Å². The molecule has 0 radical (unpaired) electrons. The lowest BCUT2D eigenvalue weighted by Crippen LogP contribution is -2.16. The lowest BCUT2D eigenvalue weighted by Gasteiger charge is -2.05. The van der Waals surface area contributed by atoms with Crippen LogP contribution in [0.15, 0.2) is 0 Å². The number of aliphatic hydroxyl groups is 1. The van der Waals surface area contributed by atoms with Crippen LogP contribution in [0, 0.1) is 6.92 Å². The van der Waals surface area contributed by atoms with Crippen molar-refractivity contribution in [1.29, 1.82) is 0 Å². The molecule has 0 bridgehead atoms. The van der Waals surface area contributed by atoms with Gasteiger partial charge in [-0.05, 0) is 6.92 Å². The fourth-order valence-electron chi connectivity index (χ4n) is 0.873. The summed E-state index contributed by atoms with van der Waals surface area (Å²) in [7, 11) is 1.56. The molecule has 1 aromatic rings. The Labute approximate surface area is 75.2 Å². The molecule has 0 spiro atoms. The smallest absolute Gasteiger partial charge is 0.120 e. The topological polar surface area (TPSA) is 55.2 Å². The molecule has 0 aromatic carbocycles. The van der Waals surface area contributed by atoms with Gasteiger partial charge in [0, 0.05) is 13.5 Å². The highest BCUT2D eigenvalue weighted by molar-refractivity contribution is 7.11. The van der Waals surface area contributed by atoms with Crippen molar-refractivity contribution >= 4 is 11.3 Å². The molecule has 0 amide bonds. The summed E-state index contributed by atoms with van der Waals surface area (Å²) in [5, 5.41) is 18.8. The lowest BCUT2D eigenvalue weighted by atomic mass is 10.3. The minimum absolute atomic E-state index is 0.346. The van der Waals surface area contributed by atoms with Gasteiger partial charge in [-0.25, -0.2) is 0 Å². The molecule has 1 atom stereocenters. The first-order valence-corrected chi connectivity index (χ1v) is 4.50. The second kappa shape index (κ2) is 4.49. The third kappa shape index (κ3) is 2.84. The second-order valence-corrected chi connectivity index (χ2v) is 3.79. The molecule has 0 fully saturated rings. The van der Waals surface area contributed by atoms with Crippen LogP contribution in [0.4, 0.5) is 0 Å². The van der Waals surface area contributed by atoms with Crippen LogP contribution in [0.2, 0.25) is 0 Å². The zero-order valence-corrected chi connectivity index (χ0v) is 7.97. The third-order valence-corrected chi connectivity index (χ3v) is 2.20. The third-order valence-electron chi connectivity index (χ3n) is 1.34. The van der Waals surface area contributed by atoms with Gasteiger partial charge in [-0.1, -0.05) is 0 Å². The summed E-state index contributed by atoms with van der Waals surface area (Å²) in [5.74, 6) is 0. The first kappa shape index (κ1) is 9.57. The molecule has 5 heteroatoms. The zero-order valence-electron chi connectivity index (χ0n) is 7.15. The number of aromatic nitrogens is 2. The largest absolute Gasteiger partial charge is 0.390 e. The number of aryl methyl sites for hydroxylation is 1. The van der Waals surface area contributed by atoms with Crippen molar-refractivity contribution in [2.75, 3.05) is 13.7 Å². The van der Waals surface area contributed by atoms with Gasteiger partial charge in [0.25, 0.3) is 0 Å². The fourth-order valence-corrected chi connectivity index (χ4v) is 1.65. The van der Waals surface area contributed by atoms with Crippen LogP contribution in [0.3, 0.4) is 0 Å². The molecule has 1 N–H and O–H groups in total. The molecule has 0 aliphatic rings. The summed E-state index contributed by atoms with van der Waals surface area (Å²) in [6.07, 6.45) is 0.0571. The number of rotatable bonds is 4. The van der Waals surface area contributed by atoms with E-state index in [4.69, 9.17) is 4.74 Å². The summed E-state index contributed by atoms with van der Waals surface area (Å²) >= 11 is 1.50. The minimum Gasteiger partial charge on any atom is -0.390 e. The van der Waals surface area contributed by atoms with Crippen LogP contribution in [0.25, 0.3) is 0 Å².